The van der Waals surface area contributed by atoms with E-state index in [1.165, 1.54) is 34.5 Å². The highest BCUT2D eigenvalue weighted by Gasteiger charge is 2.20. The number of benzene rings is 1. The van der Waals surface area contributed by atoms with Crippen LogP contribution >= 0.6 is 11.3 Å². The van der Waals surface area contributed by atoms with E-state index in [2.05, 4.69) is 46.0 Å². The highest BCUT2D eigenvalue weighted by molar-refractivity contribution is 7.18. The molecule has 1 aromatic carbocycles. The van der Waals surface area contributed by atoms with Crippen molar-refractivity contribution in [1.82, 2.24) is 14.9 Å². The second kappa shape index (κ2) is 8.05. The number of hydrogen-bond acceptors (Lipinski definition) is 5. The lowest BCUT2D eigenvalue weighted by atomic mass is 9.97. The molecule has 1 aliphatic carbocycles. The maximum Gasteiger partial charge on any atom is 0.259 e. The minimum atomic E-state index is 0.0331. The first kappa shape index (κ1) is 19.2. The van der Waals surface area contributed by atoms with Crippen LogP contribution in [0.1, 0.15) is 41.6 Å². The van der Waals surface area contributed by atoms with E-state index in [0.717, 1.165) is 42.0 Å². The molecule has 28 heavy (non-hydrogen) atoms. The Balaban J connectivity index is 1.54. The average Bonchev–Trinajstić information content (AvgIpc) is 3.06. The van der Waals surface area contributed by atoms with Gasteiger partial charge in [0.15, 0.2) is 0 Å². The number of hydrogen-bond donors (Lipinski definition) is 1. The maximum absolute atomic E-state index is 12.7. The highest BCUT2D eigenvalue weighted by atomic mass is 32.1. The Kier molecular flexibility index (Phi) is 5.51. The van der Waals surface area contributed by atoms with Crippen LogP contribution in [0.25, 0.3) is 10.2 Å². The average molecular weight is 397 g/mol. The minimum absolute atomic E-state index is 0.0331. The molecule has 0 unspecified atom stereocenters. The van der Waals surface area contributed by atoms with Gasteiger partial charge in [-0.25, -0.2) is 4.98 Å². The summed E-state index contributed by atoms with van der Waals surface area (Å²) in [4.78, 5) is 27.3. The summed E-state index contributed by atoms with van der Waals surface area (Å²) in [5, 5.41) is 0.839. The van der Waals surface area contributed by atoms with Crippen LogP contribution < -0.4 is 10.5 Å². The Labute approximate surface area is 170 Å². The summed E-state index contributed by atoms with van der Waals surface area (Å²) < 4.78 is 0. The van der Waals surface area contributed by atoms with Gasteiger partial charge in [-0.3, -0.25) is 9.69 Å². The zero-order valence-electron chi connectivity index (χ0n) is 16.9. The summed E-state index contributed by atoms with van der Waals surface area (Å²) in [7, 11) is 4.10. The van der Waals surface area contributed by atoms with Gasteiger partial charge in [-0.1, -0.05) is 19.1 Å². The zero-order valence-corrected chi connectivity index (χ0v) is 17.7. The van der Waals surface area contributed by atoms with Gasteiger partial charge in [0.25, 0.3) is 5.56 Å². The van der Waals surface area contributed by atoms with Crippen LogP contribution in [-0.2, 0) is 25.9 Å². The predicted octanol–water partition coefficient (Wildman–Crippen LogP) is 3.95. The molecule has 4 rings (SSSR count). The number of fused-ring (bicyclic) bond motifs is 3. The third kappa shape index (κ3) is 3.84. The van der Waals surface area contributed by atoms with Gasteiger partial charge in [0.2, 0.25) is 0 Å². The van der Waals surface area contributed by atoms with Gasteiger partial charge in [0.05, 0.1) is 11.9 Å². The number of aromatic nitrogens is 2. The second-order valence-corrected chi connectivity index (χ2v) is 8.85. The van der Waals surface area contributed by atoms with Crippen LogP contribution in [-0.4, -0.2) is 35.5 Å². The summed E-state index contributed by atoms with van der Waals surface area (Å²) in [6.07, 6.45) is 4.51. The van der Waals surface area contributed by atoms with Gasteiger partial charge < -0.3 is 9.88 Å². The summed E-state index contributed by atoms with van der Waals surface area (Å²) >= 11 is 1.72. The lowest BCUT2D eigenvalue weighted by molar-refractivity contribution is 0.264. The number of nitrogens with zero attached hydrogens (tertiary/aromatic N) is 3. The van der Waals surface area contributed by atoms with E-state index in [-0.39, 0.29) is 5.56 Å². The molecule has 1 N–H and O–H groups in total. The van der Waals surface area contributed by atoms with Crippen molar-refractivity contribution in [2.24, 2.45) is 0 Å². The Hall–Kier alpha value is -2.18. The Morgan fingerprint density at radius 1 is 1.11 bits per heavy atom. The highest BCUT2D eigenvalue weighted by Crippen LogP contribution is 2.33. The molecule has 148 valence electrons. The van der Waals surface area contributed by atoms with Crippen LogP contribution in [0, 0.1) is 0 Å². The van der Waals surface area contributed by atoms with Crippen molar-refractivity contribution in [3.05, 3.63) is 56.4 Å². The third-order valence-electron chi connectivity index (χ3n) is 5.55. The molecule has 0 atom stereocenters. The quantitative estimate of drug-likeness (QED) is 0.685. The van der Waals surface area contributed by atoms with Gasteiger partial charge >= 0.3 is 0 Å². The Morgan fingerprint density at radius 2 is 1.86 bits per heavy atom. The van der Waals surface area contributed by atoms with Crippen molar-refractivity contribution >= 4 is 27.2 Å². The van der Waals surface area contributed by atoms with Gasteiger partial charge in [0, 0.05) is 31.2 Å². The van der Waals surface area contributed by atoms with E-state index in [9.17, 15) is 4.79 Å². The summed E-state index contributed by atoms with van der Waals surface area (Å²) in [6.45, 7) is 4.54. The van der Waals surface area contributed by atoms with E-state index in [1.807, 2.05) is 14.1 Å². The van der Waals surface area contributed by atoms with Crippen LogP contribution in [0.4, 0.5) is 5.69 Å². The van der Waals surface area contributed by atoms with Crippen molar-refractivity contribution < 1.29 is 0 Å². The fourth-order valence-electron chi connectivity index (χ4n) is 3.93. The predicted molar refractivity (Wildman–Crippen MR) is 117 cm³/mol. The maximum atomic E-state index is 12.7. The van der Waals surface area contributed by atoms with Crippen molar-refractivity contribution in [3.8, 4) is 0 Å². The molecular formula is C22H28N4OS. The first-order valence-electron chi connectivity index (χ1n) is 10.1. The van der Waals surface area contributed by atoms with Crippen LogP contribution in [0.2, 0.25) is 0 Å². The summed E-state index contributed by atoms with van der Waals surface area (Å²) in [5.41, 5.74) is 3.75. The second-order valence-electron chi connectivity index (χ2n) is 7.77. The molecule has 0 saturated carbocycles. The molecule has 3 aromatic rings. The van der Waals surface area contributed by atoms with E-state index in [0.29, 0.717) is 6.54 Å². The zero-order chi connectivity index (χ0) is 19.7. The lowest BCUT2D eigenvalue weighted by Gasteiger charge is -2.20. The summed E-state index contributed by atoms with van der Waals surface area (Å²) in [6, 6.07) is 8.63. The van der Waals surface area contributed by atoms with Crippen LogP contribution in [0.15, 0.2) is 29.1 Å². The lowest BCUT2D eigenvalue weighted by Crippen LogP contribution is -2.25. The molecule has 2 aromatic heterocycles. The van der Waals surface area contributed by atoms with Gasteiger partial charge in [-0.2, -0.15) is 0 Å². The van der Waals surface area contributed by atoms with Crippen LogP contribution in [0.3, 0.4) is 0 Å². The molecule has 0 spiro atoms. The molecule has 0 aliphatic heterocycles. The molecule has 1 aliphatic rings. The van der Waals surface area contributed by atoms with Crippen molar-refractivity contribution in [2.75, 3.05) is 25.5 Å². The fraction of sp³-hybridized carbons (Fsp3) is 0.455. The Bertz CT molecular complexity index is 1020. The fourth-order valence-corrected chi connectivity index (χ4v) is 5.21. The molecular weight excluding hydrogens is 368 g/mol. The largest absolute Gasteiger partial charge is 0.378 e. The van der Waals surface area contributed by atoms with Gasteiger partial charge in [0.1, 0.15) is 10.7 Å². The number of aryl methyl sites for hydroxylation is 2. The normalized spacial score (nSPS) is 13.9. The number of thiophene rings is 1. The van der Waals surface area contributed by atoms with Crippen molar-refractivity contribution in [3.63, 3.8) is 0 Å². The van der Waals surface area contributed by atoms with E-state index < -0.39 is 0 Å². The molecule has 0 radical (unpaired) electrons. The van der Waals surface area contributed by atoms with E-state index >= 15 is 0 Å². The topological polar surface area (TPSA) is 52.2 Å². The van der Waals surface area contributed by atoms with Gasteiger partial charge in [-0.15, -0.1) is 11.3 Å². The first-order chi connectivity index (χ1) is 13.5. The molecule has 0 fully saturated rings. The summed E-state index contributed by atoms with van der Waals surface area (Å²) in [5.74, 6) is 0.767. The number of H-pyrrole nitrogens is 1. The molecule has 0 saturated heterocycles. The van der Waals surface area contributed by atoms with Crippen molar-refractivity contribution in [1.29, 1.82) is 0 Å². The number of aromatic amines is 1. The van der Waals surface area contributed by atoms with Gasteiger partial charge in [-0.05, 0) is 55.5 Å². The Morgan fingerprint density at radius 3 is 2.57 bits per heavy atom. The molecule has 0 bridgehead atoms. The number of rotatable bonds is 6. The monoisotopic (exact) mass is 396 g/mol. The molecule has 5 nitrogen and oxygen atoms in total. The molecule has 6 heteroatoms. The van der Waals surface area contributed by atoms with Crippen LogP contribution in [0.5, 0.6) is 0 Å². The van der Waals surface area contributed by atoms with E-state index in [1.54, 1.807) is 11.3 Å². The minimum Gasteiger partial charge on any atom is -0.378 e. The first-order valence-corrected chi connectivity index (χ1v) is 10.9. The number of nitrogens with one attached hydrogen (secondary N) is 1. The van der Waals surface area contributed by atoms with E-state index in [4.69, 9.17) is 4.98 Å². The molecule has 0 amide bonds. The standard InChI is InChI=1S/C22H28N4OS/c1-4-26(13-15-9-11-16(12-10-15)25(2)3)14-19-23-21(27)20-17-7-5-6-8-18(17)28-22(20)24-19/h9-12H,4-8,13-14H2,1-3H3,(H,23,24,27). The SMILES string of the molecule is CCN(Cc1ccc(N(C)C)cc1)Cc1nc2sc3c(c2c(=O)[nH]1)CCCC3. The number of anilines is 1. The third-order valence-corrected chi connectivity index (χ3v) is 6.74. The molecule has 2 heterocycles. The van der Waals surface area contributed by atoms with Crippen molar-refractivity contribution in [2.45, 2.75) is 45.7 Å². The smallest absolute Gasteiger partial charge is 0.259 e.